The summed E-state index contributed by atoms with van der Waals surface area (Å²) >= 11 is 5.59. The molecule has 0 spiro atoms. The number of rotatable bonds is 2. The molecule has 0 atom stereocenters. The molecule has 1 aliphatic carbocycles. The number of aromatic nitrogens is 2. The highest BCUT2D eigenvalue weighted by atomic mass is 35.5. The van der Waals surface area contributed by atoms with E-state index in [2.05, 4.69) is 15.3 Å². The van der Waals surface area contributed by atoms with Crippen LogP contribution in [-0.2, 0) is 0 Å². The molecule has 5 heteroatoms. The van der Waals surface area contributed by atoms with E-state index in [0.29, 0.717) is 0 Å². The number of halogens is 2. The van der Waals surface area contributed by atoms with E-state index in [4.69, 9.17) is 11.6 Å². The molecule has 1 N–H and O–H groups in total. The lowest BCUT2D eigenvalue weighted by molar-refractivity contribution is 0.618. The van der Waals surface area contributed by atoms with Crippen molar-refractivity contribution < 1.29 is 4.39 Å². The van der Waals surface area contributed by atoms with E-state index >= 15 is 0 Å². The van der Waals surface area contributed by atoms with Crippen LogP contribution in [0, 0.1) is 5.82 Å². The summed E-state index contributed by atoms with van der Waals surface area (Å²) < 4.78 is 13.3. The lowest BCUT2D eigenvalue weighted by Crippen LogP contribution is -2.02. The molecule has 3 nitrogen and oxygen atoms in total. The van der Waals surface area contributed by atoms with Crippen LogP contribution in [0.5, 0.6) is 0 Å². The van der Waals surface area contributed by atoms with E-state index in [-0.39, 0.29) is 11.1 Å². The summed E-state index contributed by atoms with van der Waals surface area (Å²) in [4.78, 5) is 7.31. The zero-order chi connectivity index (χ0) is 11.4. The van der Waals surface area contributed by atoms with Crippen LogP contribution in [0.3, 0.4) is 0 Å². The summed E-state index contributed by atoms with van der Waals surface area (Å²) in [6.45, 7) is 0. The Labute approximate surface area is 97.4 Å². The molecule has 1 aromatic heterocycles. The first kappa shape index (κ1) is 10.8. The van der Waals surface area contributed by atoms with Gasteiger partial charge in [-0.3, -0.25) is 0 Å². The second-order valence-electron chi connectivity index (χ2n) is 3.15. The monoisotopic (exact) mass is 237 g/mol. The molecule has 16 heavy (non-hydrogen) atoms. The molecule has 0 saturated heterocycles. The van der Waals surface area contributed by atoms with E-state index < -0.39 is 5.82 Å². The fourth-order valence-corrected chi connectivity index (χ4v) is 1.37. The van der Waals surface area contributed by atoms with Gasteiger partial charge in [-0.1, -0.05) is 18.2 Å². The van der Waals surface area contributed by atoms with Crippen LogP contribution >= 0.6 is 11.6 Å². The summed E-state index contributed by atoms with van der Waals surface area (Å²) in [6, 6.07) is 0. The molecular formula is C11H9ClFN3. The van der Waals surface area contributed by atoms with Gasteiger partial charge < -0.3 is 5.32 Å². The predicted molar refractivity (Wildman–Crippen MR) is 61.6 cm³/mol. The normalized spacial score (nSPS) is 14.5. The Morgan fingerprint density at radius 1 is 1.38 bits per heavy atom. The standard InChI is InChI=1S/C11H9ClFN3/c12-11-14-7-9(13)10(16-11)15-8-5-3-1-2-4-6-8/h1,3-7H,2H2,(H,14,15,16). The van der Waals surface area contributed by atoms with E-state index in [1.165, 1.54) is 0 Å². The number of hydrogen-bond donors (Lipinski definition) is 1. The van der Waals surface area contributed by atoms with Crippen LogP contribution < -0.4 is 5.32 Å². The SMILES string of the molecule is Fc1cnc(Cl)nc1NC1=CC=CCC=C1. The Hall–Kier alpha value is -1.68. The van der Waals surface area contributed by atoms with Crippen molar-refractivity contribution in [3.63, 3.8) is 0 Å². The minimum atomic E-state index is -0.535. The van der Waals surface area contributed by atoms with Crippen molar-refractivity contribution in [3.8, 4) is 0 Å². The number of allylic oxidation sites excluding steroid dienone is 5. The zero-order valence-corrected chi connectivity index (χ0v) is 9.08. The van der Waals surface area contributed by atoms with Gasteiger partial charge in [0.2, 0.25) is 5.28 Å². The largest absolute Gasteiger partial charge is 0.338 e. The highest BCUT2D eigenvalue weighted by Crippen LogP contribution is 2.15. The Balaban J connectivity index is 2.23. The van der Waals surface area contributed by atoms with Gasteiger partial charge in [0, 0.05) is 5.70 Å². The maximum Gasteiger partial charge on any atom is 0.224 e. The highest BCUT2D eigenvalue weighted by Gasteiger charge is 2.06. The topological polar surface area (TPSA) is 37.8 Å². The van der Waals surface area contributed by atoms with Crippen LogP contribution in [0.2, 0.25) is 5.28 Å². The highest BCUT2D eigenvalue weighted by molar-refractivity contribution is 6.28. The van der Waals surface area contributed by atoms with Gasteiger partial charge in [-0.2, -0.15) is 4.98 Å². The average Bonchev–Trinajstić information content (AvgIpc) is 2.52. The third kappa shape index (κ3) is 2.67. The minimum Gasteiger partial charge on any atom is -0.338 e. The van der Waals surface area contributed by atoms with Crippen molar-refractivity contribution in [1.29, 1.82) is 0 Å². The van der Waals surface area contributed by atoms with Gasteiger partial charge in [-0.15, -0.1) is 0 Å². The summed E-state index contributed by atoms with van der Waals surface area (Å²) in [5, 5.41) is 2.85. The van der Waals surface area contributed by atoms with Crippen LogP contribution in [0.4, 0.5) is 10.2 Å². The smallest absolute Gasteiger partial charge is 0.224 e. The van der Waals surface area contributed by atoms with Gasteiger partial charge in [0.1, 0.15) is 0 Å². The molecule has 0 aromatic carbocycles. The molecule has 0 saturated carbocycles. The first-order chi connectivity index (χ1) is 7.75. The minimum absolute atomic E-state index is 0.0117. The van der Waals surface area contributed by atoms with Gasteiger partial charge in [0.25, 0.3) is 0 Å². The summed E-state index contributed by atoms with van der Waals surface area (Å²) in [7, 11) is 0. The first-order valence-electron chi connectivity index (χ1n) is 4.74. The number of hydrogen-bond acceptors (Lipinski definition) is 3. The molecule has 0 bridgehead atoms. The van der Waals surface area contributed by atoms with Gasteiger partial charge in [-0.25, -0.2) is 9.37 Å². The maximum absolute atomic E-state index is 13.3. The Morgan fingerprint density at radius 3 is 3.12 bits per heavy atom. The molecule has 0 radical (unpaired) electrons. The lowest BCUT2D eigenvalue weighted by atomic mass is 10.3. The van der Waals surface area contributed by atoms with Crippen molar-refractivity contribution in [2.45, 2.75) is 6.42 Å². The predicted octanol–water partition coefficient (Wildman–Crippen LogP) is 3.08. The fraction of sp³-hybridized carbons (Fsp3) is 0.0909. The van der Waals surface area contributed by atoms with E-state index in [9.17, 15) is 4.39 Å². The molecule has 0 fully saturated rings. The van der Waals surface area contributed by atoms with Crippen LogP contribution in [-0.4, -0.2) is 9.97 Å². The van der Waals surface area contributed by atoms with Crippen molar-refractivity contribution in [2.24, 2.45) is 0 Å². The van der Waals surface area contributed by atoms with E-state index in [0.717, 1.165) is 18.3 Å². The molecule has 82 valence electrons. The number of nitrogens with zero attached hydrogens (tertiary/aromatic N) is 2. The van der Waals surface area contributed by atoms with Crippen molar-refractivity contribution in [3.05, 3.63) is 53.4 Å². The molecule has 2 rings (SSSR count). The molecule has 0 amide bonds. The van der Waals surface area contributed by atoms with Crippen molar-refractivity contribution >= 4 is 17.4 Å². The molecule has 1 aromatic rings. The van der Waals surface area contributed by atoms with Gasteiger partial charge >= 0.3 is 0 Å². The van der Waals surface area contributed by atoms with Crippen LogP contribution in [0.25, 0.3) is 0 Å². The Kier molecular flexibility index (Phi) is 3.31. The molecule has 0 aliphatic heterocycles. The Morgan fingerprint density at radius 2 is 2.25 bits per heavy atom. The van der Waals surface area contributed by atoms with Crippen molar-refractivity contribution in [1.82, 2.24) is 9.97 Å². The Bertz CT molecular complexity index is 480. The van der Waals surface area contributed by atoms with Crippen LogP contribution in [0.1, 0.15) is 6.42 Å². The maximum atomic E-state index is 13.3. The van der Waals surface area contributed by atoms with E-state index in [1.54, 1.807) is 0 Å². The summed E-state index contributed by atoms with van der Waals surface area (Å²) in [5.41, 5.74) is 0.752. The van der Waals surface area contributed by atoms with Gasteiger partial charge in [0.15, 0.2) is 11.6 Å². The van der Waals surface area contributed by atoms with Crippen LogP contribution in [0.15, 0.2) is 42.3 Å². The molecule has 1 aliphatic rings. The third-order valence-electron chi connectivity index (χ3n) is 1.96. The summed E-state index contributed by atoms with van der Waals surface area (Å²) in [5.74, 6) is -0.460. The summed E-state index contributed by atoms with van der Waals surface area (Å²) in [6.07, 6.45) is 11.4. The average molecular weight is 238 g/mol. The van der Waals surface area contributed by atoms with Gasteiger partial charge in [-0.05, 0) is 30.2 Å². The zero-order valence-electron chi connectivity index (χ0n) is 8.32. The number of nitrogens with one attached hydrogen (secondary N) is 1. The first-order valence-corrected chi connectivity index (χ1v) is 5.12. The molecular weight excluding hydrogens is 229 g/mol. The molecule has 1 heterocycles. The second kappa shape index (κ2) is 4.90. The lowest BCUT2D eigenvalue weighted by Gasteiger charge is -2.06. The fourth-order valence-electron chi connectivity index (χ4n) is 1.23. The molecule has 0 unspecified atom stereocenters. The van der Waals surface area contributed by atoms with Gasteiger partial charge in [0.05, 0.1) is 6.20 Å². The quantitative estimate of drug-likeness (QED) is 0.804. The third-order valence-corrected chi connectivity index (χ3v) is 2.14. The second-order valence-corrected chi connectivity index (χ2v) is 3.49. The van der Waals surface area contributed by atoms with E-state index in [1.807, 2.05) is 30.4 Å². The number of anilines is 1. The van der Waals surface area contributed by atoms with Crippen molar-refractivity contribution in [2.75, 3.05) is 5.32 Å².